The molecule has 0 aromatic carbocycles. The molecular formula is C7H5ClF2O3S. The van der Waals surface area contributed by atoms with Crippen LogP contribution in [-0.2, 0) is 4.74 Å². The molecule has 0 spiro atoms. The van der Waals surface area contributed by atoms with Crippen molar-refractivity contribution in [2.45, 2.75) is 6.61 Å². The summed E-state index contributed by atoms with van der Waals surface area (Å²) in [6, 6.07) is 0. The Morgan fingerprint density at radius 2 is 2.29 bits per heavy atom. The third kappa shape index (κ3) is 2.33. The quantitative estimate of drug-likeness (QED) is 0.765. The molecule has 0 saturated heterocycles. The van der Waals surface area contributed by atoms with Gasteiger partial charge in [-0.05, 0) is 0 Å². The molecule has 1 aromatic rings. The number of rotatable bonds is 3. The second kappa shape index (κ2) is 4.56. The Hall–Kier alpha value is -0.880. The molecular weight excluding hydrogens is 238 g/mol. The van der Waals surface area contributed by atoms with Gasteiger partial charge >= 0.3 is 12.6 Å². The predicted octanol–water partition coefficient (Wildman–Crippen LogP) is 2.79. The summed E-state index contributed by atoms with van der Waals surface area (Å²) in [6.07, 6.45) is 0. The van der Waals surface area contributed by atoms with Gasteiger partial charge < -0.3 is 9.47 Å². The standard InChI is InChI=1S/C7H5ClF2O3S/c1-12-6(11)5-4(13-7(9)10)3(8)2-14-5/h2,7H,1H3. The Bertz CT molecular complexity index is 340. The molecule has 0 amide bonds. The number of alkyl halides is 2. The van der Waals surface area contributed by atoms with E-state index in [0.717, 1.165) is 18.4 Å². The van der Waals surface area contributed by atoms with Crippen LogP contribution < -0.4 is 4.74 Å². The van der Waals surface area contributed by atoms with Crippen LogP contribution in [-0.4, -0.2) is 19.7 Å². The molecule has 0 unspecified atom stereocenters. The largest absolute Gasteiger partial charge is 0.465 e. The first kappa shape index (κ1) is 11.2. The Morgan fingerprint density at radius 3 is 2.79 bits per heavy atom. The van der Waals surface area contributed by atoms with Crippen molar-refractivity contribution >= 4 is 28.9 Å². The summed E-state index contributed by atoms with van der Waals surface area (Å²) in [7, 11) is 1.14. The zero-order valence-electron chi connectivity index (χ0n) is 6.92. The van der Waals surface area contributed by atoms with Crippen LogP contribution in [0.4, 0.5) is 8.78 Å². The van der Waals surface area contributed by atoms with Crippen molar-refractivity contribution in [1.82, 2.24) is 0 Å². The van der Waals surface area contributed by atoms with Crippen LogP contribution in [0, 0.1) is 0 Å². The molecule has 0 aliphatic heterocycles. The van der Waals surface area contributed by atoms with Gasteiger partial charge in [0.25, 0.3) is 0 Å². The molecule has 0 atom stereocenters. The highest BCUT2D eigenvalue weighted by Crippen LogP contribution is 2.36. The van der Waals surface area contributed by atoms with Crippen molar-refractivity contribution in [1.29, 1.82) is 0 Å². The Morgan fingerprint density at radius 1 is 1.64 bits per heavy atom. The molecule has 3 nitrogen and oxygen atoms in total. The number of thiophene rings is 1. The minimum absolute atomic E-state index is 0.0318. The fraction of sp³-hybridized carbons (Fsp3) is 0.286. The summed E-state index contributed by atoms with van der Waals surface area (Å²) in [5, 5.41) is 1.29. The summed E-state index contributed by atoms with van der Waals surface area (Å²) in [6.45, 7) is -3.02. The highest BCUT2D eigenvalue weighted by Gasteiger charge is 2.21. The molecule has 1 aromatic heterocycles. The second-order valence-corrected chi connectivity index (χ2v) is 3.40. The zero-order chi connectivity index (χ0) is 10.7. The number of halogens is 3. The fourth-order valence-corrected chi connectivity index (χ4v) is 1.86. The number of esters is 1. The van der Waals surface area contributed by atoms with E-state index in [1.165, 1.54) is 5.38 Å². The van der Waals surface area contributed by atoms with Crippen LogP contribution in [0.3, 0.4) is 0 Å². The third-order valence-corrected chi connectivity index (χ3v) is 2.63. The molecule has 0 radical (unpaired) electrons. The van der Waals surface area contributed by atoms with Crippen LogP contribution in [0.2, 0.25) is 5.02 Å². The average molecular weight is 243 g/mol. The number of carbonyl (C=O) groups is 1. The van der Waals surface area contributed by atoms with Gasteiger partial charge in [-0.15, -0.1) is 11.3 Å². The number of hydrogen-bond acceptors (Lipinski definition) is 4. The van der Waals surface area contributed by atoms with E-state index >= 15 is 0 Å². The maximum atomic E-state index is 11.9. The molecule has 7 heteroatoms. The third-order valence-electron chi connectivity index (χ3n) is 1.28. The summed E-state index contributed by atoms with van der Waals surface area (Å²) < 4.78 is 32.2. The monoisotopic (exact) mass is 242 g/mol. The van der Waals surface area contributed by atoms with Gasteiger partial charge in [-0.3, -0.25) is 0 Å². The molecule has 1 rings (SSSR count). The van der Waals surface area contributed by atoms with E-state index in [2.05, 4.69) is 9.47 Å². The number of methoxy groups -OCH3 is 1. The maximum Gasteiger partial charge on any atom is 0.387 e. The normalized spacial score (nSPS) is 10.4. The van der Waals surface area contributed by atoms with Gasteiger partial charge in [0.05, 0.1) is 12.1 Å². The molecule has 78 valence electrons. The first-order valence-corrected chi connectivity index (χ1v) is 4.62. The minimum Gasteiger partial charge on any atom is -0.465 e. The van der Waals surface area contributed by atoms with E-state index in [1.54, 1.807) is 0 Å². The van der Waals surface area contributed by atoms with Crippen LogP contribution in [0.15, 0.2) is 5.38 Å². The second-order valence-electron chi connectivity index (χ2n) is 2.11. The van der Waals surface area contributed by atoms with Gasteiger partial charge in [-0.1, -0.05) is 11.6 Å². The highest BCUT2D eigenvalue weighted by atomic mass is 35.5. The van der Waals surface area contributed by atoms with Gasteiger partial charge in [-0.25, -0.2) is 4.79 Å². The number of ether oxygens (including phenoxy) is 2. The molecule has 0 aliphatic rings. The van der Waals surface area contributed by atoms with Gasteiger partial charge in [-0.2, -0.15) is 8.78 Å². The first-order valence-electron chi connectivity index (χ1n) is 3.36. The lowest BCUT2D eigenvalue weighted by Crippen LogP contribution is -2.06. The van der Waals surface area contributed by atoms with E-state index < -0.39 is 12.6 Å². The van der Waals surface area contributed by atoms with Gasteiger partial charge in [0.2, 0.25) is 0 Å². The van der Waals surface area contributed by atoms with E-state index in [4.69, 9.17) is 11.6 Å². The molecule has 0 bridgehead atoms. The lowest BCUT2D eigenvalue weighted by atomic mass is 10.4. The SMILES string of the molecule is COC(=O)c1scc(Cl)c1OC(F)F. The Balaban J connectivity index is 2.99. The van der Waals surface area contributed by atoms with Crippen LogP contribution in [0.1, 0.15) is 9.67 Å². The Labute approximate surface area is 87.2 Å². The predicted molar refractivity (Wildman–Crippen MR) is 47.3 cm³/mol. The lowest BCUT2D eigenvalue weighted by molar-refractivity contribution is -0.0499. The summed E-state index contributed by atoms with van der Waals surface area (Å²) in [4.78, 5) is 11.0. The van der Waals surface area contributed by atoms with Crippen molar-refractivity contribution < 1.29 is 23.0 Å². The smallest absolute Gasteiger partial charge is 0.387 e. The van der Waals surface area contributed by atoms with E-state index in [0.29, 0.717) is 0 Å². The van der Waals surface area contributed by atoms with Crippen molar-refractivity contribution in [3.05, 3.63) is 15.3 Å². The lowest BCUT2D eigenvalue weighted by Gasteiger charge is -2.04. The van der Waals surface area contributed by atoms with Crippen LogP contribution >= 0.6 is 22.9 Å². The van der Waals surface area contributed by atoms with E-state index in [-0.39, 0.29) is 15.6 Å². The fourth-order valence-electron chi connectivity index (χ4n) is 0.759. The summed E-state index contributed by atoms with van der Waals surface area (Å²) in [5.74, 6) is -1.09. The van der Waals surface area contributed by atoms with Gasteiger partial charge in [0.15, 0.2) is 10.6 Å². The van der Waals surface area contributed by atoms with Crippen molar-refractivity contribution in [3.63, 3.8) is 0 Å². The van der Waals surface area contributed by atoms with Gasteiger partial charge in [0.1, 0.15) is 0 Å². The van der Waals surface area contributed by atoms with Crippen LogP contribution in [0.5, 0.6) is 5.75 Å². The summed E-state index contributed by atoms with van der Waals surface area (Å²) >= 11 is 6.42. The molecule has 1 heterocycles. The van der Waals surface area contributed by atoms with E-state index in [1.807, 2.05) is 0 Å². The van der Waals surface area contributed by atoms with E-state index in [9.17, 15) is 13.6 Å². The first-order chi connectivity index (χ1) is 6.56. The maximum absolute atomic E-state index is 11.9. The molecule has 0 N–H and O–H groups in total. The van der Waals surface area contributed by atoms with Crippen molar-refractivity contribution in [2.24, 2.45) is 0 Å². The molecule has 0 aliphatic carbocycles. The Kier molecular flexibility index (Phi) is 3.65. The van der Waals surface area contributed by atoms with Crippen LogP contribution in [0.25, 0.3) is 0 Å². The molecule has 0 fully saturated rings. The number of carbonyl (C=O) groups excluding carboxylic acids is 1. The average Bonchev–Trinajstić information content (AvgIpc) is 2.46. The summed E-state index contributed by atoms with van der Waals surface area (Å²) in [5.41, 5.74) is 0. The van der Waals surface area contributed by atoms with Crippen molar-refractivity contribution in [3.8, 4) is 5.75 Å². The topological polar surface area (TPSA) is 35.5 Å². The van der Waals surface area contributed by atoms with Gasteiger partial charge in [0, 0.05) is 5.38 Å². The minimum atomic E-state index is -3.02. The zero-order valence-corrected chi connectivity index (χ0v) is 8.49. The molecule has 0 saturated carbocycles. The highest BCUT2D eigenvalue weighted by molar-refractivity contribution is 7.13. The molecule has 14 heavy (non-hydrogen) atoms. The van der Waals surface area contributed by atoms with Crippen molar-refractivity contribution in [2.75, 3.05) is 7.11 Å². The number of hydrogen-bond donors (Lipinski definition) is 0.